The molecule has 0 aliphatic heterocycles. The SMILES string of the molecule is CCCCCCCCC(=O)Nc1c(N)cccc1F. The van der Waals surface area contributed by atoms with E-state index in [0.29, 0.717) is 6.42 Å². The maximum atomic E-state index is 13.4. The van der Waals surface area contributed by atoms with Crippen molar-refractivity contribution in [3.63, 3.8) is 0 Å². The van der Waals surface area contributed by atoms with Crippen LogP contribution in [0.3, 0.4) is 0 Å². The number of para-hydroxylation sites is 1. The predicted molar refractivity (Wildman–Crippen MR) is 77.4 cm³/mol. The van der Waals surface area contributed by atoms with Crippen LogP contribution in [0.2, 0.25) is 0 Å². The first kappa shape index (κ1) is 15.5. The molecule has 1 amide bonds. The maximum absolute atomic E-state index is 13.4. The van der Waals surface area contributed by atoms with Crippen LogP contribution in [-0.4, -0.2) is 5.91 Å². The lowest BCUT2D eigenvalue weighted by Crippen LogP contribution is -2.13. The van der Waals surface area contributed by atoms with Crippen LogP contribution in [0.1, 0.15) is 51.9 Å². The molecule has 19 heavy (non-hydrogen) atoms. The summed E-state index contributed by atoms with van der Waals surface area (Å²) in [5, 5.41) is 2.54. The van der Waals surface area contributed by atoms with E-state index in [1.54, 1.807) is 6.07 Å². The molecule has 3 nitrogen and oxygen atoms in total. The number of nitrogens with one attached hydrogen (secondary N) is 1. The van der Waals surface area contributed by atoms with Gasteiger partial charge in [0.05, 0.1) is 5.69 Å². The number of amides is 1. The summed E-state index contributed by atoms with van der Waals surface area (Å²) in [6, 6.07) is 4.38. The number of rotatable bonds is 8. The molecular weight excluding hydrogens is 243 g/mol. The van der Waals surface area contributed by atoms with Crippen LogP contribution >= 0.6 is 0 Å². The Kier molecular flexibility index (Phi) is 6.93. The lowest BCUT2D eigenvalue weighted by atomic mass is 10.1. The molecule has 0 spiro atoms. The van der Waals surface area contributed by atoms with Crippen molar-refractivity contribution in [1.82, 2.24) is 0 Å². The normalized spacial score (nSPS) is 10.4. The second-order valence-electron chi connectivity index (χ2n) is 4.77. The molecule has 0 saturated heterocycles. The van der Waals surface area contributed by atoms with Crippen molar-refractivity contribution in [3.05, 3.63) is 24.0 Å². The summed E-state index contributed by atoms with van der Waals surface area (Å²) in [5.41, 5.74) is 5.98. The third-order valence-corrected chi connectivity index (χ3v) is 3.07. The molecule has 0 unspecified atom stereocenters. The van der Waals surface area contributed by atoms with Gasteiger partial charge in [-0.1, -0.05) is 45.1 Å². The first-order chi connectivity index (χ1) is 9.15. The monoisotopic (exact) mass is 266 g/mol. The maximum Gasteiger partial charge on any atom is 0.224 e. The van der Waals surface area contributed by atoms with Crippen LogP contribution in [0.15, 0.2) is 18.2 Å². The summed E-state index contributed by atoms with van der Waals surface area (Å²) >= 11 is 0. The fourth-order valence-corrected chi connectivity index (χ4v) is 1.94. The molecule has 4 heteroatoms. The lowest BCUT2D eigenvalue weighted by Gasteiger charge is -2.09. The molecule has 1 aromatic carbocycles. The van der Waals surface area contributed by atoms with E-state index >= 15 is 0 Å². The highest BCUT2D eigenvalue weighted by Gasteiger charge is 2.09. The number of nitrogens with two attached hydrogens (primary N) is 1. The molecule has 0 saturated carbocycles. The van der Waals surface area contributed by atoms with E-state index in [2.05, 4.69) is 12.2 Å². The van der Waals surface area contributed by atoms with E-state index in [1.807, 2.05) is 0 Å². The largest absolute Gasteiger partial charge is 0.397 e. The minimum absolute atomic E-state index is 0.0958. The van der Waals surface area contributed by atoms with Crippen molar-refractivity contribution in [2.45, 2.75) is 51.9 Å². The third-order valence-electron chi connectivity index (χ3n) is 3.07. The topological polar surface area (TPSA) is 55.1 Å². The Hall–Kier alpha value is -1.58. The average Bonchev–Trinajstić information content (AvgIpc) is 2.38. The highest BCUT2D eigenvalue weighted by atomic mass is 19.1. The fraction of sp³-hybridized carbons (Fsp3) is 0.533. The van der Waals surface area contributed by atoms with Crippen molar-refractivity contribution in [2.24, 2.45) is 0 Å². The smallest absolute Gasteiger partial charge is 0.224 e. The van der Waals surface area contributed by atoms with Crippen LogP contribution in [0.4, 0.5) is 15.8 Å². The summed E-state index contributed by atoms with van der Waals surface area (Å²) < 4.78 is 13.4. The van der Waals surface area contributed by atoms with Gasteiger partial charge in [-0.15, -0.1) is 0 Å². The Morgan fingerprint density at radius 3 is 2.58 bits per heavy atom. The Morgan fingerprint density at radius 1 is 1.21 bits per heavy atom. The number of hydrogen-bond acceptors (Lipinski definition) is 2. The van der Waals surface area contributed by atoms with Gasteiger partial charge in [0, 0.05) is 6.42 Å². The van der Waals surface area contributed by atoms with Gasteiger partial charge >= 0.3 is 0 Å². The second kappa shape index (κ2) is 8.51. The first-order valence-corrected chi connectivity index (χ1v) is 6.99. The van der Waals surface area contributed by atoms with Crippen LogP contribution in [0, 0.1) is 5.82 Å². The zero-order chi connectivity index (χ0) is 14.1. The number of nitrogen functional groups attached to an aromatic ring is 1. The predicted octanol–water partition coefficient (Wildman–Crippen LogP) is 4.10. The minimum atomic E-state index is -0.490. The van der Waals surface area contributed by atoms with Crippen LogP contribution in [0.25, 0.3) is 0 Å². The Balaban J connectivity index is 2.28. The number of hydrogen-bond donors (Lipinski definition) is 2. The van der Waals surface area contributed by atoms with Gasteiger partial charge in [0.1, 0.15) is 11.5 Å². The van der Waals surface area contributed by atoms with Gasteiger partial charge in [-0.05, 0) is 18.6 Å². The Labute approximate surface area is 114 Å². The summed E-state index contributed by atoms with van der Waals surface area (Å²) in [5.74, 6) is -0.663. The van der Waals surface area contributed by atoms with Gasteiger partial charge in [-0.25, -0.2) is 4.39 Å². The first-order valence-electron chi connectivity index (χ1n) is 6.99. The average molecular weight is 266 g/mol. The van der Waals surface area contributed by atoms with Crippen molar-refractivity contribution >= 4 is 17.3 Å². The van der Waals surface area contributed by atoms with Crippen molar-refractivity contribution in [3.8, 4) is 0 Å². The highest BCUT2D eigenvalue weighted by Crippen LogP contribution is 2.22. The second-order valence-corrected chi connectivity index (χ2v) is 4.77. The highest BCUT2D eigenvalue weighted by molar-refractivity contribution is 5.93. The van der Waals surface area contributed by atoms with Crippen LogP contribution in [0.5, 0.6) is 0 Å². The van der Waals surface area contributed by atoms with Gasteiger partial charge in [0.2, 0.25) is 5.91 Å². The number of halogens is 1. The van der Waals surface area contributed by atoms with Gasteiger partial charge in [0.25, 0.3) is 0 Å². The summed E-state index contributed by atoms with van der Waals surface area (Å²) in [7, 11) is 0. The molecule has 0 bridgehead atoms. The third kappa shape index (κ3) is 5.73. The van der Waals surface area contributed by atoms with E-state index in [0.717, 1.165) is 19.3 Å². The molecule has 1 rings (SSSR count). The van der Waals surface area contributed by atoms with Crippen molar-refractivity contribution < 1.29 is 9.18 Å². The molecule has 0 atom stereocenters. The number of carbonyl (C=O) groups is 1. The number of anilines is 2. The molecular formula is C15H23FN2O. The zero-order valence-corrected chi connectivity index (χ0v) is 11.5. The van der Waals surface area contributed by atoms with Gasteiger partial charge in [0.15, 0.2) is 0 Å². The van der Waals surface area contributed by atoms with Gasteiger partial charge in [-0.2, -0.15) is 0 Å². The van der Waals surface area contributed by atoms with Crippen LogP contribution in [-0.2, 0) is 4.79 Å². The van der Waals surface area contributed by atoms with E-state index in [9.17, 15) is 9.18 Å². The van der Waals surface area contributed by atoms with Gasteiger partial charge in [-0.3, -0.25) is 4.79 Å². The summed E-state index contributed by atoms with van der Waals surface area (Å²) in [6.07, 6.45) is 7.14. The Morgan fingerprint density at radius 2 is 1.89 bits per heavy atom. The molecule has 3 N–H and O–H groups in total. The number of unbranched alkanes of at least 4 members (excludes halogenated alkanes) is 5. The summed E-state index contributed by atoms with van der Waals surface area (Å²) in [6.45, 7) is 2.17. The molecule has 0 aromatic heterocycles. The van der Waals surface area contributed by atoms with Crippen molar-refractivity contribution in [1.29, 1.82) is 0 Å². The zero-order valence-electron chi connectivity index (χ0n) is 11.5. The molecule has 0 fully saturated rings. The van der Waals surface area contributed by atoms with E-state index < -0.39 is 5.82 Å². The van der Waals surface area contributed by atoms with E-state index in [-0.39, 0.29) is 17.3 Å². The summed E-state index contributed by atoms with van der Waals surface area (Å²) in [4.78, 5) is 11.7. The quantitative estimate of drug-likeness (QED) is 0.550. The molecule has 0 aliphatic rings. The molecule has 1 aromatic rings. The Bertz CT molecular complexity index is 387. The standard InChI is InChI=1S/C15H23FN2O/c1-2-3-4-5-6-7-11-14(19)18-15-12(16)9-8-10-13(15)17/h8-10H,2-7,11,17H2,1H3,(H,18,19). The fourth-order valence-electron chi connectivity index (χ4n) is 1.94. The molecule has 0 radical (unpaired) electrons. The van der Waals surface area contributed by atoms with Crippen molar-refractivity contribution in [2.75, 3.05) is 11.1 Å². The lowest BCUT2D eigenvalue weighted by molar-refractivity contribution is -0.116. The minimum Gasteiger partial charge on any atom is -0.397 e. The molecule has 0 aliphatic carbocycles. The van der Waals surface area contributed by atoms with Gasteiger partial charge < -0.3 is 11.1 Å². The van der Waals surface area contributed by atoms with E-state index in [1.165, 1.54) is 31.4 Å². The number of carbonyl (C=O) groups excluding carboxylic acids is 1. The van der Waals surface area contributed by atoms with E-state index in [4.69, 9.17) is 5.73 Å². The molecule has 0 heterocycles. The number of benzene rings is 1. The van der Waals surface area contributed by atoms with Crippen LogP contribution < -0.4 is 11.1 Å². The molecule has 106 valence electrons.